The van der Waals surface area contributed by atoms with Gasteiger partial charge in [0.2, 0.25) is 11.8 Å². The van der Waals surface area contributed by atoms with Crippen molar-refractivity contribution < 1.29 is 19.5 Å². The number of hydrogen-bond donors (Lipinski definition) is 3. The molecule has 0 aliphatic heterocycles. The van der Waals surface area contributed by atoms with Gasteiger partial charge in [-0.05, 0) is 30.9 Å². The van der Waals surface area contributed by atoms with Crippen LogP contribution in [0.2, 0.25) is 0 Å². The van der Waals surface area contributed by atoms with Gasteiger partial charge in [0.05, 0.1) is 13.1 Å². The molecular formula is C16H22N2O4S. The maximum atomic E-state index is 11.8. The summed E-state index contributed by atoms with van der Waals surface area (Å²) in [4.78, 5) is 35.3. The second-order valence-electron chi connectivity index (χ2n) is 5.83. The van der Waals surface area contributed by atoms with Crippen LogP contribution in [-0.4, -0.2) is 29.4 Å². The lowest BCUT2D eigenvalue weighted by Crippen LogP contribution is -2.37. The zero-order valence-electron chi connectivity index (χ0n) is 13.0. The minimum Gasteiger partial charge on any atom is -0.477 e. The van der Waals surface area contributed by atoms with Crippen molar-refractivity contribution >= 4 is 29.1 Å². The molecule has 2 rings (SSSR count). The zero-order valence-corrected chi connectivity index (χ0v) is 13.8. The van der Waals surface area contributed by atoms with E-state index in [0.29, 0.717) is 12.3 Å². The van der Waals surface area contributed by atoms with Gasteiger partial charge in [0.1, 0.15) is 4.88 Å². The highest BCUT2D eigenvalue weighted by Gasteiger charge is 2.17. The normalized spacial score (nSPS) is 15.1. The van der Waals surface area contributed by atoms with E-state index in [-0.39, 0.29) is 29.8 Å². The number of amides is 2. The molecule has 0 aromatic carbocycles. The fourth-order valence-electron chi connectivity index (χ4n) is 2.74. The molecule has 1 aromatic heterocycles. The van der Waals surface area contributed by atoms with E-state index in [4.69, 9.17) is 5.11 Å². The fourth-order valence-corrected chi connectivity index (χ4v) is 3.53. The monoisotopic (exact) mass is 338 g/mol. The number of hydrogen-bond acceptors (Lipinski definition) is 4. The maximum Gasteiger partial charge on any atom is 0.345 e. The third kappa shape index (κ3) is 6.02. The Bertz CT molecular complexity index is 564. The number of nitrogens with one attached hydrogen (secondary N) is 2. The average Bonchev–Trinajstić information content (AvgIpc) is 3.01. The molecular weight excluding hydrogens is 316 g/mol. The van der Waals surface area contributed by atoms with Crippen molar-refractivity contribution in [2.75, 3.05) is 6.54 Å². The van der Waals surface area contributed by atoms with Gasteiger partial charge in [-0.15, -0.1) is 11.3 Å². The Kier molecular flexibility index (Phi) is 6.58. The summed E-state index contributed by atoms with van der Waals surface area (Å²) in [5.41, 5.74) is 0. The summed E-state index contributed by atoms with van der Waals surface area (Å²) in [5.74, 6) is -0.862. The highest BCUT2D eigenvalue weighted by Crippen LogP contribution is 2.25. The number of thiophene rings is 1. The summed E-state index contributed by atoms with van der Waals surface area (Å²) in [6.07, 6.45) is 6.34. The van der Waals surface area contributed by atoms with Gasteiger partial charge in [0.15, 0.2) is 0 Å². The van der Waals surface area contributed by atoms with Gasteiger partial charge in [-0.1, -0.05) is 19.3 Å². The van der Waals surface area contributed by atoms with E-state index in [2.05, 4.69) is 10.6 Å². The number of aromatic carboxylic acids is 1. The molecule has 7 heteroatoms. The lowest BCUT2D eigenvalue weighted by Gasteiger charge is -2.20. The zero-order chi connectivity index (χ0) is 16.7. The van der Waals surface area contributed by atoms with Crippen molar-refractivity contribution in [1.29, 1.82) is 0 Å². The van der Waals surface area contributed by atoms with E-state index in [1.165, 1.54) is 25.3 Å². The molecule has 1 aliphatic rings. The summed E-state index contributed by atoms with van der Waals surface area (Å²) in [5, 5.41) is 14.2. The second kappa shape index (κ2) is 8.67. The molecule has 3 N–H and O–H groups in total. The molecule has 1 saturated carbocycles. The minimum absolute atomic E-state index is 0.0390. The van der Waals surface area contributed by atoms with Crippen LogP contribution in [0.25, 0.3) is 0 Å². The Labute approximate surface area is 139 Å². The Morgan fingerprint density at radius 3 is 2.48 bits per heavy atom. The van der Waals surface area contributed by atoms with Gasteiger partial charge < -0.3 is 15.7 Å². The smallest absolute Gasteiger partial charge is 0.345 e. The van der Waals surface area contributed by atoms with Crippen molar-refractivity contribution in [2.45, 2.75) is 45.1 Å². The van der Waals surface area contributed by atoms with Crippen LogP contribution in [0, 0.1) is 5.92 Å². The van der Waals surface area contributed by atoms with Gasteiger partial charge in [0, 0.05) is 11.3 Å². The summed E-state index contributed by atoms with van der Waals surface area (Å²) in [7, 11) is 0. The van der Waals surface area contributed by atoms with Crippen LogP contribution in [-0.2, 0) is 16.1 Å². The van der Waals surface area contributed by atoms with Crippen LogP contribution in [0.3, 0.4) is 0 Å². The van der Waals surface area contributed by atoms with E-state index in [0.717, 1.165) is 29.1 Å². The van der Waals surface area contributed by atoms with Crippen molar-refractivity contribution in [3.8, 4) is 0 Å². The number of carboxylic acids is 1. The SMILES string of the molecule is O=C(CNC(=O)CC1CCCCC1)NCc1ccc(C(=O)O)s1. The van der Waals surface area contributed by atoms with Crippen molar-refractivity contribution in [1.82, 2.24) is 10.6 Å². The first kappa shape index (κ1) is 17.5. The quantitative estimate of drug-likeness (QED) is 0.710. The van der Waals surface area contributed by atoms with Crippen LogP contribution in [0.4, 0.5) is 0 Å². The third-order valence-electron chi connectivity index (χ3n) is 3.98. The van der Waals surface area contributed by atoms with Gasteiger partial charge in [0.25, 0.3) is 0 Å². The first-order valence-corrected chi connectivity index (χ1v) is 8.71. The topological polar surface area (TPSA) is 95.5 Å². The van der Waals surface area contributed by atoms with Crippen LogP contribution in [0.15, 0.2) is 12.1 Å². The summed E-state index contributed by atoms with van der Waals surface area (Å²) < 4.78 is 0. The van der Waals surface area contributed by atoms with Crippen LogP contribution in [0.1, 0.15) is 53.1 Å². The van der Waals surface area contributed by atoms with Crippen LogP contribution in [0.5, 0.6) is 0 Å². The van der Waals surface area contributed by atoms with E-state index in [9.17, 15) is 14.4 Å². The number of rotatable bonds is 7. The predicted octanol–water partition coefficient (Wildman–Crippen LogP) is 2.15. The van der Waals surface area contributed by atoms with Gasteiger partial charge in [-0.3, -0.25) is 9.59 Å². The lowest BCUT2D eigenvalue weighted by molar-refractivity contribution is -0.126. The molecule has 0 spiro atoms. The molecule has 0 bridgehead atoms. The summed E-state index contributed by atoms with van der Waals surface area (Å²) >= 11 is 1.13. The molecule has 126 valence electrons. The Hall–Kier alpha value is -1.89. The summed E-state index contributed by atoms with van der Waals surface area (Å²) in [6.45, 7) is 0.234. The third-order valence-corrected chi connectivity index (χ3v) is 5.05. The largest absolute Gasteiger partial charge is 0.477 e. The maximum absolute atomic E-state index is 11.8. The van der Waals surface area contributed by atoms with Crippen molar-refractivity contribution in [3.63, 3.8) is 0 Å². The van der Waals surface area contributed by atoms with Crippen LogP contribution >= 0.6 is 11.3 Å². The fraction of sp³-hybridized carbons (Fsp3) is 0.562. The van der Waals surface area contributed by atoms with Gasteiger partial charge in [-0.2, -0.15) is 0 Å². The molecule has 1 aromatic rings. The standard InChI is InChI=1S/C16H22N2O4S/c19-14(8-11-4-2-1-3-5-11)18-10-15(20)17-9-12-6-7-13(23-12)16(21)22/h6-7,11H,1-5,8-10H2,(H,17,20)(H,18,19)(H,21,22). The Balaban J connectivity index is 1.64. The molecule has 1 fully saturated rings. The summed E-state index contributed by atoms with van der Waals surface area (Å²) in [6, 6.07) is 3.19. The first-order chi connectivity index (χ1) is 11.0. The Morgan fingerprint density at radius 2 is 1.83 bits per heavy atom. The minimum atomic E-state index is -0.970. The molecule has 0 radical (unpaired) electrons. The predicted molar refractivity (Wildman–Crippen MR) is 87.3 cm³/mol. The molecule has 6 nitrogen and oxygen atoms in total. The second-order valence-corrected chi connectivity index (χ2v) is 7.00. The molecule has 1 aliphatic carbocycles. The van der Waals surface area contributed by atoms with Crippen molar-refractivity contribution in [2.24, 2.45) is 5.92 Å². The van der Waals surface area contributed by atoms with Crippen LogP contribution < -0.4 is 10.6 Å². The van der Waals surface area contributed by atoms with E-state index in [1.807, 2.05) is 0 Å². The van der Waals surface area contributed by atoms with E-state index in [1.54, 1.807) is 6.07 Å². The molecule has 2 amide bonds. The Morgan fingerprint density at radius 1 is 1.09 bits per heavy atom. The van der Waals surface area contributed by atoms with Gasteiger partial charge >= 0.3 is 5.97 Å². The molecule has 0 saturated heterocycles. The van der Waals surface area contributed by atoms with Gasteiger partial charge in [-0.25, -0.2) is 4.79 Å². The first-order valence-electron chi connectivity index (χ1n) is 7.90. The molecule has 23 heavy (non-hydrogen) atoms. The average molecular weight is 338 g/mol. The molecule has 0 unspecified atom stereocenters. The van der Waals surface area contributed by atoms with Crippen molar-refractivity contribution in [3.05, 3.63) is 21.9 Å². The number of carbonyl (C=O) groups is 3. The van der Waals surface area contributed by atoms with E-state index < -0.39 is 5.97 Å². The number of carbonyl (C=O) groups excluding carboxylic acids is 2. The molecule has 1 heterocycles. The molecule has 0 atom stereocenters. The lowest BCUT2D eigenvalue weighted by atomic mass is 9.87. The highest BCUT2D eigenvalue weighted by atomic mass is 32.1. The number of carboxylic acid groups (broad SMARTS) is 1. The highest BCUT2D eigenvalue weighted by molar-refractivity contribution is 7.13. The van der Waals surface area contributed by atoms with E-state index >= 15 is 0 Å².